The molecule has 166 valence electrons. The molecule has 0 radical (unpaired) electrons. The monoisotopic (exact) mass is 440 g/mol. The number of amides is 2. The van der Waals surface area contributed by atoms with Gasteiger partial charge in [0.15, 0.2) is 5.76 Å². The van der Waals surface area contributed by atoms with Gasteiger partial charge in [0.05, 0.1) is 18.4 Å². The first kappa shape index (κ1) is 20.8. The summed E-state index contributed by atoms with van der Waals surface area (Å²) in [6, 6.07) is 20.6. The minimum Gasteiger partial charge on any atom is -0.493 e. The SMILES string of the molecule is CCOc1ccc2ccccc2c1C(=O)Nc1ccc2c(c1)CCCN2C(=O)c1ccco1. The molecule has 1 aliphatic rings. The average Bonchev–Trinajstić information content (AvgIpc) is 3.38. The fraction of sp³-hybridized carbons (Fsp3) is 0.185. The second-order valence-electron chi connectivity index (χ2n) is 7.93. The molecule has 0 fully saturated rings. The van der Waals surface area contributed by atoms with Gasteiger partial charge in [0, 0.05) is 17.9 Å². The van der Waals surface area contributed by atoms with Crippen molar-refractivity contribution in [3.05, 3.63) is 89.9 Å². The van der Waals surface area contributed by atoms with Crippen LogP contribution in [0.2, 0.25) is 0 Å². The Morgan fingerprint density at radius 2 is 1.94 bits per heavy atom. The molecule has 0 unspecified atom stereocenters. The number of ether oxygens (including phenoxy) is 1. The van der Waals surface area contributed by atoms with Crippen molar-refractivity contribution in [2.24, 2.45) is 0 Å². The number of nitrogens with zero attached hydrogens (tertiary/aromatic N) is 1. The molecular weight excluding hydrogens is 416 g/mol. The van der Waals surface area contributed by atoms with E-state index in [1.807, 2.05) is 61.5 Å². The zero-order valence-corrected chi connectivity index (χ0v) is 18.3. The molecule has 1 aromatic heterocycles. The third-order valence-electron chi connectivity index (χ3n) is 5.85. The van der Waals surface area contributed by atoms with Crippen LogP contribution >= 0.6 is 0 Å². The predicted molar refractivity (Wildman–Crippen MR) is 128 cm³/mol. The largest absolute Gasteiger partial charge is 0.493 e. The number of benzene rings is 3. The molecule has 6 nitrogen and oxygen atoms in total. The Kier molecular flexibility index (Phi) is 5.57. The summed E-state index contributed by atoms with van der Waals surface area (Å²) < 4.78 is 11.1. The van der Waals surface area contributed by atoms with E-state index in [1.54, 1.807) is 17.0 Å². The molecule has 4 aromatic rings. The van der Waals surface area contributed by atoms with E-state index < -0.39 is 0 Å². The van der Waals surface area contributed by atoms with Crippen molar-refractivity contribution in [2.75, 3.05) is 23.4 Å². The molecule has 0 bridgehead atoms. The lowest BCUT2D eigenvalue weighted by Gasteiger charge is -2.29. The van der Waals surface area contributed by atoms with Gasteiger partial charge in [-0.05, 0) is 72.5 Å². The van der Waals surface area contributed by atoms with Crippen LogP contribution in [-0.2, 0) is 6.42 Å². The number of anilines is 2. The standard InChI is InChI=1S/C27H24N2O4/c1-2-32-23-14-11-18-7-3-4-9-21(18)25(23)26(30)28-20-12-13-22-19(17-20)8-5-15-29(22)27(31)24-10-6-16-33-24/h3-4,6-7,9-14,16-17H,2,5,8,15H2,1H3,(H,28,30). The third-order valence-corrected chi connectivity index (χ3v) is 5.85. The van der Waals surface area contributed by atoms with Gasteiger partial charge in [-0.2, -0.15) is 0 Å². The summed E-state index contributed by atoms with van der Waals surface area (Å²) in [6.07, 6.45) is 3.18. The second-order valence-corrected chi connectivity index (χ2v) is 7.93. The number of fused-ring (bicyclic) bond motifs is 2. The van der Waals surface area contributed by atoms with E-state index in [9.17, 15) is 9.59 Å². The van der Waals surface area contributed by atoms with Gasteiger partial charge < -0.3 is 19.4 Å². The smallest absolute Gasteiger partial charge is 0.293 e. The molecule has 5 rings (SSSR count). The number of furan rings is 1. The van der Waals surface area contributed by atoms with Crippen LogP contribution < -0.4 is 15.0 Å². The van der Waals surface area contributed by atoms with Crippen molar-refractivity contribution < 1.29 is 18.7 Å². The maximum atomic E-state index is 13.4. The van der Waals surface area contributed by atoms with E-state index in [1.165, 1.54) is 6.26 Å². The summed E-state index contributed by atoms with van der Waals surface area (Å²) in [5.41, 5.74) is 3.06. The van der Waals surface area contributed by atoms with Gasteiger partial charge in [0.1, 0.15) is 5.75 Å². The lowest BCUT2D eigenvalue weighted by Crippen LogP contribution is -2.35. The van der Waals surface area contributed by atoms with Crippen molar-refractivity contribution in [1.82, 2.24) is 0 Å². The maximum absolute atomic E-state index is 13.4. The fourth-order valence-electron chi connectivity index (χ4n) is 4.37. The van der Waals surface area contributed by atoms with Crippen LogP contribution in [0, 0.1) is 0 Å². The van der Waals surface area contributed by atoms with Crippen molar-refractivity contribution in [3.63, 3.8) is 0 Å². The Balaban J connectivity index is 1.45. The Hall–Kier alpha value is -4.06. The highest BCUT2D eigenvalue weighted by Gasteiger charge is 2.26. The van der Waals surface area contributed by atoms with Gasteiger partial charge in [-0.3, -0.25) is 9.59 Å². The minimum atomic E-state index is -0.227. The maximum Gasteiger partial charge on any atom is 0.293 e. The van der Waals surface area contributed by atoms with Crippen molar-refractivity contribution >= 4 is 34.0 Å². The normalized spacial score (nSPS) is 12.9. The molecule has 0 saturated heterocycles. The van der Waals surface area contributed by atoms with Gasteiger partial charge in [0.2, 0.25) is 0 Å². The van der Waals surface area contributed by atoms with Crippen molar-refractivity contribution in [2.45, 2.75) is 19.8 Å². The molecule has 2 heterocycles. The van der Waals surface area contributed by atoms with E-state index in [-0.39, 0.29) is 11.8 Å². The Morgan fingerprint density at radius 1 is 1.06 bits per heavy atom. The summed E-state index contributed by atoms with van der Waals surface area (Å²) in [6.45, 7) is 3.00. The van der Waals surface area contributed by atoms with Crippen LogP contribution in [0.4, 0.5) is 11.4 Å². The minimum absolute atomic E-state index is 0.158. The summed E-state index contributed by atoms with van der Waals surface area (Å²) >= 11 is 0. The average molecular weight is 440 g/mol. The highest BCUT2D eigenvalue weighted by atomic mass is 16.5. The summed E-state index contributed by atoms with van der Waals surface area (Å²) in [4.78, 5) is 27.9. The zero-order chi connectivity index (χ0) is 22.8. The first-order chi connectivity index (χ1) is 16.2. The molecule has 1 N–H and O–H groups in total. The lowest BCUT2D eigenvalue weighted by atomic mass is 10.00. The predicted octanol–water partition coefficient (Wildman–Crippen LogP) is 5.68. The highest BCUT2D eigenvalue weighted by Crippen LogP contribution is 2.33. The van der Waals surface area contributed by atoms with Crippen molar-refractivity contribution in [1.29, 1.82) is 0 Å². The van der Waals surface area contributed by atoms with Gasteiger partial charge in [-0.25, -0.2) is 0 Å². The molecule has 0 atom stereocenters. The van der Waals surface area contributed by atoms with Crippen molar-refractivity contribution in [3.8, 4) is 5.75 Å². The molecular formula is C27H24N2O4. The first-order valence-electron chi connectivity index (χ1n) is 11.1. The van der Waals surface area contributed by atoms with E-state index in [4.69, 9.17) is 9.15 Å². The molecule has 3 aromatic carbocycles. The van der Waals surface area contributed by atoms with E-state index in [0.717, 1.165) is 34.9 Å². The quantitative estimate of drug-likeness (QED) is 0.434. The topological polar surface area (TPSA) is 71.8 Å². The Labute approximate surface area is 191 Å². The van der Waals surface area contributed by atoms with Crippen LogP contribution in [0.1, 0.15) is 39.8 Å². The first-order valence-corrected chi connectivity index (χ1v) is 11.1. The van der Waals surface area contributed by atoms with Crippen LogP contribution in [0.3, 0.4) is 0 Å². The number of rotatable bonds is 5. The number of carbonyl (C=O) groups is 2. The molecule has 0 aliphatic carbocycles. The number of hydrogen-bond donors (Lipinski definition) is 1. The van der Waals surface area contributed by atoms with Crippen LogP contribution in [0.5, 0.6) is 5.75 Å². The number of hydrogen-bond acceptors (Lipinski definition) is 4. The Morgan fingerprint density at radius 3 is 2.76 bits per heavy atom. The van der Waals surface area contributed by atoms with Gasteiger partial charge in [0.25, 0.3) is 11.8 Å². The van der Waals surface area contributed by atoms with E-state index in [0.29, 0.717) is 35.9 Å². The lowest BCUT2D eigenvalue weighted by molar-refractivity contribution is 0.0957. The van der Waals surface area contributed by atoms with Crippen LogP contribution in [-0.4, -0.2) is 25.0 Å². The molecule has 33 heavy (non-hydrogen) atoms. The molecule has 0 spiro atoms. The zero-order valence-electron chi connectivity index (χ0n) is 18.3. The van der Waals surface area contributed by atoms with E-state index in [2.05, 4.69) is 5.32 Å². The number of nitrogens with one attached hydrogen (secondary N) is 1. The third kappa shape index (κ3) is 3.96. The van der Waals surface area contributed by atoms with Gasteiger partial charge in [-0.15, -0.1) is 0 Å². The van der Waals surface area contributed by atoms with E-state index >= 15 is 0 Å². The fourth-order valence-corrected chi connectivity index (χ4v) is 4.37. The van der Waals surface area contributed by atoms with Crippen LogP contribution in [0.25, 0.3) is 10.8 Å². The molecule has 1 aliphatic heterocycles. The number of carbonyl (C=O) groups excluding carboxylic acids is 2. The Bertz CT molecular complexity index is 1330. The van der Waals surface area contributed by atoms with Gasteiger partial charge >= 0.3 is 0 Å². The number of aryl methyl sites for hydroxylation is 1. The molecule has 2 amide bonds. The summed E-state index contributed by atoms with van der Waals surface area (Å²) in [5.74, 6) is 0.492. The summed E-state index contributed by atoms with van der Waals surface area (Å²) in [5, 5.41) is 4.85. The summed E-state index contributed by atoms with van der Waals surface area (Å²) in [7, 11) is 0. The van der Waals surface area contributed by atoms with Crippen LogP contribution in [0.15, 0.2) is 77.4 Å². The molecule has 6 heteroatoms. The second kappa shape index (κ2) is 8.82. The molecule has 0 saturated carbocycles. The highest BCUT2D eigenvalue weighted by molar-refractivity contribution is 6.15. The van der Waals surface area contributed by atoms with Gasteiger partial charge in [-0.1, -0.05) is 30.3 Å².